The molecule has 1 aromatic carbocycles. The highest BCUT2D eigenvalue weighted by molar-refractivity contribution is 5.86. The normalized spacial score (nSPS) is 15.8. The van der Waals surface area contributed by atoms with E-state index < -0.39 is 17.5 Å². The Labute approximate surface area is 105 Å². The number of carbonyl (C=O) groups is 2. The minimum atomic E-state index is -0.784. The highest BCUT2D eigenvalue weighted by Crippen LogP contribution is 2.48. The fraction of sp³-hybridized carbons (Fsp3) is 0.385. The summed E-state index contributed by atoms with van der Waals surface area (Å²) in [6.45, 7) is 2.04. The summed E-state index contributed by atoms with van der Waals surface area (Å²) in [6.07, 6.45) is 0.838. The minimum Gasteiger partial charge on any atom is -0.481 e. The Morgan fingerprint density at radius 2 is 1.94 bits per heavy atom. The third-order valence-corrected chi connectivity index (χ3v) is 3.12. The molecule has 96 valence electrons. The molecule has 1 aromatic rings. The van der Waals surface area contributed by atoms with Crippen molar-refractivity contribution < 1.29 is 19.4 Å². The molecule has 0 aliphatic heterocycles. The second-order valence-electron chi connectivity index (χ2n) is 4.31. The second kappa shape index (κ2) is 4.68. The number of hydrogen-bond acceptors (Lipinski definition) is 3. The van der Waals surface area contributed by atoms with E-state index in [2.05, 4.69) is 5.32 Å². The van der Waals surface area contributed by atoms with Crippen molar-refractivity contribution in [3.8, 4) is 0 Å². The van der Waals surface area contributed by atoms with Crippen molar-refractivity contribution >= 4 is 17.7 Å². The molecular weight excluding hydrogens is 234 g/mol. The Balaban J connectivity index is 2.07. The molecule has 2 rings (SSSR count). The van der Waals surface area contributed by atoms with Crippen molar-refractivity contribution in [1.29, 1.82) is 0 Å². The van der Waals surface area contributed by atoms with E-state index in [0.717, 1.165) is 5.56 Å². The van der Waals surface area contributed by atoms with E-state index >= 15 is 0 Å². The number of nitrogens with one attached hydrogen (secondary N) is 1. The number of anilines is 1. The number of carboxylic acid groups (broad SMARTS) is 1. The molecule has 5 nitrogen and oxygen atoms in total. The first-order valence-electron chi connectivity index (χ1n) is 5.86. The molecule has 0 aromatic heterocycles. The molecule has 1 aliphatic rings. The molecule has 0 atom stereocenters. The number of benzene rings is 1. The van der Waals surface area contributed by atoms with Gasteiger partial charge in [-0.15, -0.1) is 0 Å². The molecule has 2 N–H and O–H groups in total. The van der Waals surface area contributed by atoms with Gasteiger partial charge in [-0.1, -0.05) is 12.1 Å². The van der Waals surface area contributed by atoms with Crippen LogP contribution in [0.3, 0.4) is 0 Å². The Morgan fingerprint density at radius 1 is 1.33 bits per heavy atom. The van der Waals surface area contributed by atoms with E-state index in [0.29, 0.717) is 25.1 Å². The van der Waals surface area contributed by atoms with Gasteiger partial charge in [0, 0.05) is 5.69 Å². The molecule has 1 amide bonds. The van der Waals surface area contributed by atoms with Crippen LogP contribution in [-0.2, 0) is 14.9 Å². The van der Waals surface area contributed by atoms with Crippen molar-refractivity contribution in [2.75, 3.05) is 11.9 Å². The molecule has 1 saturated carbocycles. The van der Waals surface area contributed by atoms with Gasteiger partial charge in [-0.3, -0.25) is 10.1 Å². The molecule has 18 heavy (non-hydrogen) atoms. The number of hydrogen-bond donors (Lipinski definition) is 2. The average molecular weight is 249 g/mol. The molecule has 1 aliphatic carbocycles. The van der Waals surface area contributed by atoms with Crippen LogP contribution in [0.4, 0.5) is 10.5 Å². The SMILES string of the molecule is CCOC(=O)Nc1ccc(C2(C(=O)O)CC2)cc1. The van der Waals surface area contributed by atoms with E-state index in [9.17, 15) is 9.59 Å². The second-order valence-corrected chi connectivity index (χ2v) is 4.31. The van der Waals surface area contributed by atoms with Crippen LogP contribution in [-0.4, -0.2) is 23.8 Å². The molecule has 0 heterocycles. The first kappa shape index (κ1) is 12.4. The Kier molecular flexibility index (Phi) is 3.23. The highest BCUT2D eigenvalue weighted by Gasteiger charge is 2.51. The van der Waals surface area contributed by atoms with Crippen LogP contribution in [0.2, 0.25) is 0 Å². The fourth-order valence-corrected chi connectivity index (χ4v) is 1.91. The van der Waals surface area contributed by atoms with Crippen molar-refractivity contribution in [3.05, 3.63) is 29.8 Å². The number of rotatable bonds is 4. The Morgan fingerprint density at radius 3 is 2.39 bits per heavy atom. The molecule has 5 heteroatoms. The van der Waals surface area contributed by atoms with Crippen LogP contribution in [0.1, 0.15) is 25.3 Å². The van der Waals surface area contributed by atoms with Gasteiger partial charge in [-0.05, 0) is 37.5 Å². The van der Waals surface area contributed by atoms with E-state index in [-0.39, 0.29) is 0 Å². The summed E-state index contributed by atoms with van der Waals surface area (Å²) in [5.74, 6) is -0.784. The van der Waals surface area contributed by atoms with E-state index in [1.807, 2.05) is 0 Å². The van der Waals surface area contributed by atoms with Gasteiger partial charge in [-0.2, -0.15) is 0 Å². The summed E-state index contributed by atoms with van der Waals surface area (Å²) in [4.78, 5) is 22.3. The maximum atomic E-state index is 11.2. The molecule has 0 spiro atoms. The molecule has 1 fully saturated rings. The van der Waals surface area contributed by atoms with Crippen LogP contribution >= 0.6 is 0 Å². The molecule has 0 unspecified atom stereocenters. The zero-order valence-electron chi connectivity index (χ0n) is 10.1. The number of carboxylic acids is 1. The Bertz CT molecular complexity index is 462. The summed E-state index contributed by atoms with van der Waals surface area (Å²) < 4.78 is 4.75. The molecule has 0 radical (unpaired) electrons. The first-order valence-corrected chi connectivity index (χ1v) is 5.86. The number of amides is 1. The van der Waals surface area contributed by atoms with Gasteiger partial charge in [0.2, 0.25) is 0 Å². The van der Waals surface area contributed by atoms with Crippen LogP contribution in [0.15, 0.2) is 24.3 Å². The van der Waals surface area contributed by atoms with Crippen molar-refractivity contribution in [3.63, 3.8) is 0 Å². The lowest BCUT2D eigenvalue weighted by Gasteiger charge is -2.11. The lowest BCUT2D eigenvalue weighted by atomic mass is 9.96. The monoisotopic (exact) mass is 249 g/mol. The Hall–Kier alpha value is -2.04. The lowest BCUT2D eigenvalue weighted by molar-refractivity contribution is -0.140. The number of carbonyl (C=O) groups excluding carboxylic acids is 1. The summed E-state index contributed by atoms with van der Waals surface area (Å²) in [5.41, 5.74) is 0.672. The molecule has 0 saturated heterocycles. The topological polar surface area (TPSA) is 75.6 Å². The highest BCUT2D eigenvalue weighted by atomic mass is 16.5. The van der Waals surface area contributed by atoms with Gasteiger partial charge >= 0.3 is 12.1 Å². The van der Waals surface area contributed by atoms with Crippen LogP contribution in [0.25, 0.3) is 0 Å². The maximum Gasteiger partial charge on any atom is 0.411 e. The maximum absolute atomic E-state index is 11.2. The first-order chi connectivity index (χ1) is 8.58. The van der Waals surface area contributed by atoms with Gasteiger partial charge in [0.15, 0.2) is 0 Å². The lowest BCUT2D eigenvalue weighted by Crippen LogP contribution is -2.19. The average Bonchev–Trinajstić information content (AvgIpc) is 3.11. The van der Waals surface area contributed by atoms with Crippen molar-refractivity contribution in [1.82, 2.24) is 0 Å². The van der Waals surface area contributed by atoms with Gasteiger partial charge in [-0.25, -0.2) is 4.79 Å². The van der Waals surface area contributed by atoms with E-state index in [1.165, 1.54) is 0 Å². The third kappa shape index (κ3) is 2.30. The zero-order valence-corrected chi connectivity index (χ0v) is 10.1. The largest absolute Gasteiger partial charge is 0.481 e. The quantitative estimate of drug-likeness (QED) is 0.859. The third-order valence-electron chi connectivity index (χ3n) is 3.12. The standard InChI is InChI=1S/C13H15NO4/c1-2-18-12(17)14-10-5-3-9(4-6-10)13(7-8-13)11(15)16/h3-6H,2,7-8H2,1H3,(H,14,17)(H,15,16). The van der Waals surface area contributed by atoms with Crippen LogP contribution < -0.4 is 5.32 Å². The smallest absolute Gasteiger partial charge is 0.411 e. The fourth-order valence-electron chi connectivity index (χ4n) is 1.91. The van der Waals surface area contributed by atoms with Crippen molar-refractivity contribution in [2.24, 2.45) is 0 Å². The van der Waals surface area contributed by atoms with Crippen LogP contribution in [0.5, 0.6) is 0 Å². The summed E-state index contributed by atoms with van der Waals surface area (Å²) in [7, 11) is 0. The number of ether oxygens (including phenoxy) is 1. The molecule has 0 bridgehead atoms. The van der Waals surface area contributed by atoms with Crippen LogP contribution in [0, 0.1) is 0 Å². The minimum absolute atomic E-state index is 0.312. The predicted octanol–water partition coefficient (Wildman–Crippen LogP) is 2.37. The van der Waals surface area contributed by atoms with Gasteiger partial charge in [0.1, 0.15) is 0 Å². The summed E-state index contributed by atoms with van der Waals surface area (Å²) in [6, 6.07) is 6.86. The predicted molar refractivity (Wildman–Crippen MR) is 65.6 cm³/mol. The van der Waals surface area contributed by atoms with Gasteiger partial charge in [0.05, 0.1) is 12.0 Å². The van der Waals surface area contributed by atoms with Crippen molar-refractivity contribution in [2.45, 2.75) is 25.2 Å². The van der Waals surface area contributed by atoms with E-state index in [1.54, 1.807) is 31.2 Å². The summed E-state index contributed by atoms with van der Waals surface area (Å²) >= 11 is 0. The zero-order chi connectivity index (χ0) is 13.2. The number of aliphatic carboxylic acids is 1. The van der Waals surface area contributed by atoms with Gasteiger partial charge in [0.25, 0.3) is 0 Å². The summed E-state index contributed by atoms with van der Waals surface area (Å²) in [5, 5.41) is 11.7. The van der Waals surface area contributed by atoms with Gasteiger partial charge < -0.3 is 9.84 Å². The molecular formula is C13H15NO4. The van der Waals surface area contributed by atoms with E-state index in [4.69, 9.17) is 9.84 Å².